The van der Waals surface area contributed by atoms with Gasteiger partial charge in [-0.25, -0.2) is 0 Å². The summed E-state index contributed by atoms with van der Waals surface area (Å²) in [5.41, 5.74) is 0.611. The number of imide groups is 1. The highest BCUT2D eigenvalue weighted by Crippen LogP contribution is 2.35. The van der Waals surface area contributed by atoms with Crippen LogP contribution in [0.25, 0.3) is 17.0 Å². The Morgan fingerprint density at radius 1 is 1.19 bits per heavy atom. The number of aromatic nitrogens is 2. The molecule has 11 heteroatoms. The zero-order chi connectivity index (χ0) is 25.4. The van der Waals surface area contributed by atoms with Crippen molar-refractivity contribution in [3.63, 3.8) is 0 Å². The number of thioether (sulfide) groups is 1. The number of alkyl halides is 3. The maximum Gasteiger partial charge on any atom is 0.416 e. The van der Waals surface area contributed by atoms with Gasteiger partial charge >= 0.3 is 6.18 Å². The summed E-state index contributed by atoms with van der Waals surface area (Å²) in [7, 11) is 0. The van der Waals surface area contributed by atoms with Crippen LogP contribution in [0.4, 0.5) is 18.0 Å². The fourth-order valence-corrected chi connectivity index (χ4v) is 5.60. The molecule has 0 radical (unpaired) electrons. The Labute approximate surface area is 214 Å². The van der Waals surface area contributed by atoms with Crippen LogP contribution in [0.1, 0.15) is 29.5 Å². The Kier molecular flexibility index (Phi) is 6.84. The van der Waals surface area contributed by atoms with Gasteiger partial charge in [0, 0.05) is 17.0 Å². The largest absolute Gasteiger partial charge is 0.416 e. The van der Waals surface area contributed by atoms with Crippen molar-refractivity contribution in [3.05, 3.63) is 69.2 Å². The quantitative estimate of drug-likeness (QED) is 0.420. The van der Waals surface area contributed by atoms with Crippen LogP contribution in [0.3, 0.4) is 0 Å². The number of nitrogens with one attached hydrogen (secondary N) is 1. The van der Waals surface area contributed by atoms with Gasteiger partial charge in [-0.05, 0) is 85.1 Å². The van der Waals surface area contributed by atoms with Crippen molar-refractivity contribution in [1.82, 2.24) is 20.0 Å². The summed E-state index contributed by atoms with van der Waals surface area (Å²) >= 11 is 6.71. The van der Waals surface area contributed by atoms with Crippen molar-refractivity contribution < 1.29 is 22.8 Å². The monoisotopic (exact) mass is 534 g/mol. The Morgan fingerprint density at radius 2 is 2.03 bits per heavy atom. The van der Waals surface area contributed by atoms with E-state index in [-0.39, 0.29) is 34.2 Å². The minimum atomic E-state index is -4.53. The lowest BCUT2D eigenvalue weighted by molar-refractivity contribution is -0.138. The molecule has 5 rings (SSSR count). The number of piperidine rings is 1. The molecule has 3 heterocycles. The van der Waals surface area contributed by atoms with Crippen LogP contribution in [-0.2, 0) is 17.5 Å². The van der Waals surface area contributed by atoms with Gasteiger partial charge in [0.2, 0.25) is 0 Å². The van der Waals surface area contributed by atoms with Crippen molar-refractivity contribution in [1.29, 1.82) is 0 Å². The summed E-state index contributed by atoms with van der Waals surface area (Å²) < 4.78 is 41.9. The van der Waals surface area contributed by atoms with E-state index in [1.54, 1.807) is 30.5 Å². The van der Waals surface area contributed by atoms with E-state index >= 15 is 0 Å². The van der Waals surface area contributed by atoms with Gasteiger partial charge in [0.15, 0.2) is 0 Å². The summed E-state index contributed by atoms with van der Waals surface area (Å²) in [4.78, 5) is 27.0. The summed E-state index contributed by atoms with van der Waals surface area (Å²) in [5, 5.41) is 8.02. The maximum absolute atomic E-state index is 13.5. The molecule has 0 bridgehead atoms. The third kappa shape index (κ3) is 5.16. The molecule has 2 fully saturated rings. The number of rotatable bonds is 5. The predicted molar refractivity (Wildman–Crippen MR) is 134 cm³/mol. The van der Waals surface area contributed by atoms with E-state index in [1.807, 2.05) is 0 Å². The topological polar surface area (TPSA) is 67.2 Å². The molecule has 2 amide bonds. The summed E-state index contributed by atoms with van der Waals surface area (Å²) in [5.74, 6) is -0.0407. The molecule has 3 aromatic rings. The first kappa shape index (κ1) is 24.9. The average Bonchev–Trinajstić information content (AvgIpc) is 3.35. The third-order valence-corrected chi connectivity index (χ3v) is 7.52. The normalized spacial score (nSPS) is 20.2. The first-order chi connectivity index (χ1) is 17.2. The zero-order valence-electron chi connectivity index (χ0n) is 19.0. The highest BCUT2D eigenvalue weighted by Gasteiger charge is 2.36. The zero-order valence-corrected chi connectivity index (χ0v) is 20.6. The number of benzene rings is 2. The predicted octanol–water partition coefficient (Wildman–Crippen LogP) is 5.79. The van der Waals surface area contributed by atoms with Crippen molar-refractivity contribution in [2.75, 3.05) is 19.6 Å². The van der Waals surface area contributed by atoms with E-state index in [0.29, 0.717) is 27.9 Å². The smallest absolute Gasteiger partial charge is 0.316 e. The SMILES string of the molecule is O=C1S/C(=C\c2ccc3c(cnn3Cc3ccc(Cl)cc3C(F)(F)F)c2)C(=O)N1C[C@@H]1CCCNC1. The van der Waals surface area contributed by atoms with Crippen molar-refractivity contribution >= 4 is 51.5 Å². The molecule has 2 saturated heterocycles. The molecule has 2 aliphatic heterocycles. The number of amides is 2. The van der Waals surface area contributed by atoms with Crippen LogP contribution in [-0.4, -0.2) is 45.5 Å². The molecule has 2 aromatic carbocycles. The van der Waals surface area contributed by atoms with Crippen molar-refractivity contribution in [3.8, 4) is 0 Å². The Morgan fingerprint density at radius 3 is 2.78 bits per heavy atom. The molecule has 6 nitrogen and oxygen atoms in total. The molecule has 1 N–H and O–H groups in total. The fraction of sp³-hybridized carbons (Fsp3) is 0.320. The highest BCUT2D eigenvalue weighted by molar-refractivity contribution is 8.18. The molecule has 0 spiro atoms. The van der Waals surface area contributed by atoms with E-state index in [9.17, 15) is 22.8 Å². The highest BCUT2D eigenvalue weighted by atomic mass is 35.5. The lowest BCUT2D eigenvalue weighted by Crippen LogP contribution is -2.40. The van der Waals surface area contributed by atoms with Gasteiger partial charge in [-0.3, -0.25) is 19.2 Å². The van der Waals surface area contributed by atoms with E-state index in [0.717, 1.165) is 43.8 Å². The molecule has 2 aliphatic rings. The van der Waals surface area contributed by atoms with Gasteiger partial charge < -0.3 is 5.32 Å². The average molecular weight is 535 g/mol. The van der Waals surface area contributed by atoms with Crippen LogP contribution in [0.5, 0.6) is 0 Å². The molecular weight excluding hydrogens is 513 g/mol. The minimum absolute atomic E-state index is 0.0147. The second kappa shape index (κ2) is 9.91. The summed E-state index contributed by atoms with van der Waals surface area (Å²) in [6, 6.07) is 8.99. The molecule has 0 saturated carbocycles. The molecule has 0 unspecified atom stereocenters. The maximum atomic E-state index is 13.5. The Balaban J connectivity index is 1.36. The number of carbonyl (C=O) groups excluding carboxylic acids is 2. The Hall–Kier alpha value is -2.82. The number of halogens is 4. The van der Waals surface area contributed by atoms with Gasteiger partial charge in [-0.1, -0.05) is 23.7 Å². The number of hydrogen-bond donors (Lipinski definition) is 1. The lowest BCUT2D eigenvalue weighted by Gasteiger charge is -2.25. The van der Waals surface area contributed by atoms with E-state index in [2.05, 4.69) is 10.4 Å². The van der Waals surface area contributed by atoms with Crippen LogP contribution in [0.15, 0.2) is 47.5 Å². The van der Waals surface area contributed by atoms with Crippen LogP contribution in [0.2, 0.25) is 5.02 Å². The van der Waals surface area contributed by atoms with Crippen LogP contribution in [0, 0.1) is 5.92 Å². The van der Waals surface area contributed by atoms with E-state index < -0.39 is 11.7 Å². The van der Waals surface area contributed by atoms with Crippen LogP contribution >= 0.6 is 23.4 Å². The van der Waals surface area contributed by atoms with E-state index in [1.165, 1.54) is 21.7 Å². The molecule has 188 valence electrons. The second-order valence-electron chi connectivity index (χ2n) is 8.92. The van der Waals surface area contributed by atoms with Crippen LogP contribution < -0.4 is 5.32 Å². The first-order valence-corrected chi connectivity index (χ1v) is 12.7. The standard InChI is InChI=1S/C25H22ClF3N4O2S/c26-19-5-4-17(20(10-19)25(27,28)29)14-33-21-6-3-15(8-18(21)12-31-33)9-22-23(34)32(24(35)36-22)13-16-2-1-7-30-11-16/h3-6,8-10,12,16,30H,1-2,7,11,13-14H2/b22-9-/t16-/m1/s1. The van der Waals surface area contributed by atoms with E-state index in [4.69, 9.17) is 11.6 Å². The Bertz CT molecular complexity index is 1370. The molecule has 1 atom stereocenters. The number of nitrogens with zero attached hydrogens (tertiary/aromatic N) is 3. The number of carbonyl (C=O) groups is 2. The van der Waals surface area contributed by atoms with Gasteiger partial charge in [0.05, 0.1) is 28.7 Å². The first-order valence-electron chi connectivity index (χ1n) is 11.5. The molecule has 36 heavy (non-hydrogen) atoms. The lowest BCUT2D eigenvalue weighted by atomic mass is 9.99. The van der Waals surface area contributed by atoms with Gasteiger partial charge in [0.25, 0.3) is 11.1 Å². The summed E-state index contributed by atoms with van der Waals surface area (Å²) in [6.07, 6.45) is 0.709. The van der Waals surface area contributed by atoms with Gasteiger partial charge in [-0.15, -0.1) is 0 Å². The number of fused-ring (bicyclic) bond motifs is 1. The summed E-state index contributed by atoms with van der Waals surface area (Å²) in [6.45, 7) is 2.08. The van der Waals surface area contributed by atoms with Gasteiger partial charge in [-0.2, -0.15) is 18.3 Å². The molecule has 1 aromatic heterocycles. The molecular formula is C25H22ClF3N4O2S. The van der Waals surface area contributed by atoms with Crippen molar-refractivity contribution in [2.45, 2.75) is 25.6 Å². The van der Waals surface area contributed by atoms with Gasteiger partial charge in [0.1, 0.15) is 0 Å². The minimum Gasteiger partial charge on any atom is -0.316 e. The molecule has 0 aliphatic carbocycles. The number of hydrogen-bond acceptors (Lipinski definition) is 5. The third-order valence-electron chi connectivity index (χ3n) is 6.37. The second-order valence-corrected chi connectivity index (χ2v) is 10.4. The fourth-order valence-electron chi connectivity index (χ4n) is 4.58. The van der Waals surface area contributed by atoms with Crippen molar-refractivity contribution in [2.24, 2.45) is 5.92 Å².